The second kappa shape index (κ2) is 8.08. The van der Waals surface area contributed by atoms with Gasteiger partial charge >= 0.3 is 0 Å². The first-order chi connectivity index (χ1) is 14.2. The predicted molar refractivity (Wildman–Crippen MR) is 113 cm³/mol. The summed E-state index contributed by atoms with van der Waals surface area (Å²) in [6.07, 6.45) is 3.47. The zero-order valence-electron chi connectivity index (χ0n) is 15.6. The molecule has 2 atom stereocenters. The number of halogens is 2. The molecule has 4 rings (SSSR count). The number of thiophene rings is 1. The van der Waals surface area contributed by atoms with E-state index in [2.05, 4.69) is 20.0 Å². The Morgan fingerprint density at radius 2 is 2.17 bits per heavy atom. The van der Waals surface area contributed by atoms with E-state index in [1.165, 1.54) is 30.5 Å². The Morgan fingerprint density at radius 1 is 1.37 bits per heavy atom. The van der Waals surface area contributed by atoms with Gasteiger partial charge in [0.05, 0.1) is 34.2 Å². The first-order valence-electron chi connectivity index (χ1n) is 8.84. The van der Waals surface area contributed by atoms with Crippen LogP contribution in [-0.4, -0.2) is 41.7 Å². The van der Waals surface area contributed by atoms with Crippen molar-refractivity contribution in [2.24, 2.45) is 0 Å². The van der Waals surface area contributed by atoms with Crippen molar-refractivity contribution >= 4 is 44.7 Å². The molecule has 1 amide bonds. The third-order valence-electron chi connectivity index (χ3n) is 4.79. The summed E-state index contributed by atoms with van der Waals surface area (Å²) < 4.78 is 42.2. The van der Waals surface area contributed by atoms with E-state index in [0.29, 0.717) is 0 Å². The fourth-order valence-corrected chi connectivity index (χ4v) is 5.74. The average molecular weight is 470 g/mol. The maximum absolute atomic E-state index is 13.4. The monoisotopic (exact) mass is 469 g/mol. The van der Waals surface area contributed by atoms with Crippen LogP contribution < -0.4 is 10.0 Å². The summed E-state index contributed by atoms with van der Waals surface area (Å²) in [6, 6.07) is 5.94. The summed E-state index contributed by atoms with van der Waals surface area (Å²) in [5, 5.41) is 2.48. The molecule has 8 nitrogen and oxygen atoms in total. The summed E-state index contributed by atoms with van der Waals surface area (Å²) >= 11 is 7.17. The number of H-pyrrole nitrogens is 1. The fraction of sp³-hybridized carbons (Fsp3) is 0.222. The molecule has 0 spiro atoms. The largest absolute Gasteiger partial charge is 0.344 e. The van der Waals surface area contributed by atoms with Crippen molar-refractivity contribution in [3.05, 3.63) is 58.6 Å². The van der Waals surface area contributed by atoms with Crippen LogP contribution in [0.2, 0.25) is 5.02 Å². The maximum atomic E-state index is 13.4. The third-order valence-corrected chi connectivity index (χ3v) is 7.91. The Hall–Kier alpha value is -2.31. The number of carbonyl (C=O) groups is 1. The highest BCUT2D eigenvalue weighted by Crippen LogP contribution is 2.35. The summed E-state index contributed by atoms with van der Waals surface area (Å²) in [5.41, 5.74) is 1.11. The number of imidazole rings is 1. The van der Waals surface area contributed by atoms with Gasteiger partial charge in [-0.3, -0.25) is 4.79 Å². The fourth-order valence-electron chi connectivity index (χ4n) is 3.17. The topological polar surface area (TPSA) is 107 Å². The number of rotatable bonds is 4. The molecule has 2 aromatic heterocycles. The lowest BCUT2D eigenvalue weighted by molar-refractivity contribution is -0.120. The summed E-state index contributed by atoms with van der Waals surface area (Å²) in [5.74, 6) is -1.14. The van der Waals surface area contributed by atoms with Crippen molar-refractivity contribution in [2.45, 2.75) is 18.5 Å². The van der Waals surface area contributed by atoms with Crippen LogP contribution >= 0.6 is 22.9 Å². The highest BCUT2D eigenvalue weighted by molar-refractivity contribution is 7.87. The van der Waals surface area contributed by atoms with Gasteiger partial charge in [-0.25, -0.2) is 9.37 Å². The van der Waals surface area contributed by atoms with Crippen molar-refractivity contribution < 1.29 is 17.6 Å². The van der Waals surface area contributed by atoms with Crippen LogP contribution in [0.25, 0.3) is 10.6 Å². The van der Waals surface area contributed by atoms with E-state index in [1.807, 2.05) is 12.1 Å². The van der Waals surface area contributed by atoms with Crippen molar-refractivity contribution in [2.75, 3.05) is 12.4 Å². The molecule has 12 heteroatoms. The number of benzene rings is 1. The van der Waals surface area contributed by atoms with Gasteiger partial charge < -0.3 is 10.3 Å². The number of likely N-dealkylation sites (N-methyl/N-ethyl adjacent to an activating group) is 1. The second-order valence-corrected chi connectivity index (χ2v) is 10.0. The Kier molecular flexibility index (Phi) is 5.64. The lowest BCUT2D eigenvalue weighted by Crippen LogP contribution is -2.55. The van der Waals surface area contributed by atoms with Crippen LogP contribution in [-0.2, 0) is 15.0 Å². The van der Waals surface area contributed by atoms with Crippen LogP contribution in [0.3, 0.4) is 0 Å². The lowest BCUT2D eigenvalue weighted by atomic mass is 10.1. The number of hydrogen-bond acceptors (Lipinski definition) is 5. The smallest absolute Gasteiger partial charge is 0.280 e. The van der Waals surface area contributed by atoms with Gasteiger partial charge in [-0.1, -0.05) is 11.6 Å². The van der Waals surface area contributed by atoms with Crippen LogP contribution in [0.15, 0.2) is 42.9 Å². The molecule has 1 aromatic carbocycles. The first kappa shape index (κ1) is 20.9. The molecule has 3 aromatic rings. The van der Waals surface area contributed by atoms with Gasteiger partial charge in [0.15, 0.2) is 0 Å². The van der Waals surface area contributed by atoms with Crippen molar-refractivity contribution in [3.8, 4) is 10.6 Å². The molecule has 0 unspecified atom stereocenters. The molecule has 1 fully saturated rings. The minimum Gasteiger partial charge on any atom is -0.344 e. The maximum Gasteiger partial charge on any atom is 0.280 e. The van der Waals surface area contributed by atoms with Crippen molar-refractivity contribution in [3.63, 3.8) is 0 Å². The molecule has 0 radical (unpaired) electrons. The molecular weight excluding hydrogens is 453 g/mol. The minimum absolute atomic E-state index is 0.137. The van der Waals surface area contributed by atoms with Crippen LogP contribution in [0.1, 0.15) is 17.3 Å². The van der Waals surface area contributed by atoms with Gasteiger partial charge in [-0.15, -0.1) is 11.3 Å². The Morgan fingerprint density at radius 3 is 2.87 bits per heavy atom. The molecule has 158 valence electrons. The summed E-state index contributed by atoms with van der Waals surface area (Å²) in [7, 11) is -2.54. The number of hydrogen-bond donors (Lipinski definition) is 3. The third kappa shape index (κ3) is 4.12. The van der Waals surface area contributed by atoms with E-state index in [-0.39, 0.29) is 17.1 Å². The van der Waals surface area contributed by atoms with E-state index >= 15 is 0 Å². The zero-order chi connectivity index (χ0) is 21.5. The number of aromatic amines is 1. The van der Waals surface area contributed by atoms with Gasteiger partial charge in [0.25, 0.3) is 10.2 Å². The molecule has 0 bridgehead atoms. The summed E-state index contributed by atoms with van der Waals surface area (Å²) in [4.78, 5) is 21.5. The Bertz CT molecular complexity index is 1180. The first-order valence-corrected chi connectivity index (χ1v) is 11.5. The number of aromatic nitrogens is 2. The number of amides is 1. The molecular formula is C18H17ClFN5O3S2. The quantitative estimate of drug-likeness (QED) is 0.545. The van der Waals surface area contributed by atoms with E-state index < -0.39 is 34.0 Å². The molecule has 0 saturated carbocycles. The number of nitrogens with zero attached hydrogens (tertiary/aromatic N) is 2. The standard InChI is InChI=1S/C18H17ClFN5O3S2/c1-25-15(18(26)23-10-2-3-12(20)11(19)6-10)7-13(24-30(25,27)28)16-4-5-17(29-16)14-8-21-9-22-14/h2-6,8-9,13,15,24H,7H2,1H3,(H,21,22)(H,23,26)/t13-,15+/m0/s1. The number of carbonyl (C=O) groups excluding carboxylic acids is 1. The molecule has 1 aliphatic rings. The van der Waals surface area contributed by atoms with E-state index in [4.69, 9.17) is 11.6 Å². The minimum atomic E-state index is -3.88. The van der Waals surface area contributed by atoms with Gasteiger partial charge in [0.2, 0.25) is 5.91 Å². The van der Waals surface area contributed by atoms with Crippen LogP contribution in [0.5, 0.6) is 0 Å². The second-order valence-electron chi connectivity index (χ2n) is 6.73. The molecule has 30 heavy (non-hydrogen) atoms. The Labute approximate surface area is 181 Å². The van der Waals surface area contributed by atoms with Gasteiger partial charge in [-0.05, 0) is 36.8 Å². The lowest BCUT2D eigenvalue weighted by Gasteiger charge is -2.35. The van der Waals surface area contributed by atoms with Crippen LogP contribution in [0, 0.1) is 5.82 Å². The SMILES string of the molecule is CN1[C@@H](C(=O)Nc2ccc(F)c(Cl)c2)C[C@@H](c2ccc(-c3cnc[nH]3)s2)NS1(=O)=O. The summed E-state index contributed by atoms with van der Waals surface area (Å²) in [6.45, 7) is 0. The molecule has 3 heterocycles. The van der Waals surface area contributed by atoms with E-state index in [0.717, 1.165) is 25.8 Å². The highest BCUT2D eigenvalue weighted by Gasteiger charge is 2.41. The van der Waals surface area contributed by atoms with Crippen molar-refractivity contribution in [1.82, 2.24) is 19.0 Å². The number of anilines is 1. The molecule has 1 saturated heterocycles. The van der Waals surface area contributed by atoms with Crippen molar-refractivity contribution in [1.29, 1.82) is 0 Å². The van der Waals surface area contributed by atoms with Gasteiger partial charge in [0, 0.05) is 17.6 Å². The Balaban J connectivity index is 1.57. The van der Waals surface area contributed by atoms with E-state index in [1.54, 1.807) is 12.5 Å². The normalized spacial score (nSPS) is 21.4. The molecule has 1 aliphatic heterocycles. The zero-order valence-corrected chi connectivity index (χ0v) is 18.0. The predicted octanol–water partition coefficient (Wildman–Crippen LogP) is 3.15. The van der Waals surface area contributed by atoms with Gasteiger partial charge in [0.1, 0.15) is 11.9 Å². The molecule has 0 aliphatic carbocycles. The number of nitrogens with one attached hydrogen (secondary N) is 3. The van der Waals surface area contributed by atoms with E-state index in [9.17, 15) is 17.6 Å². The average Bonchev–Trinajstić information content (AvgIpc) is 3.38. The van der Waals surface area contributed by atoms with Crippen LogP contribution in [0.4, 0.5) is 10.1 Å². The molecule has 3 N–H and O–H groups in total. The highest BCUT2D eigenvalue weighted by atomic mass is 35.5. The van der Waals surface area contributed by atoms with Gasteiger partial charge in [-0.2, -0.15) is 17.4 Å².